The summed E-state index contributed by atoms with van der Waals surface area (Å²) in [4.78, 5) is 16.8. The van der Waals surface area contributed by atoms with Gasteiger partial charge >= 0.3 is 0 Å². The lowest BCUT2D eigenvalue weighted by Gasteiger charge is -2.38. The van der Waals surface area contributed by atoms with Crippen LogP contribution in [0.25, 0.3) is 0 Å². The number of benzene rings is 2. The molecule has 1 aliphatic heterocycles. The molecule has 3 rings (SSSR count). The number of carbonyl (C=O) groups is 1. The maximum absolute atomic E-state index is 13.6. The Morgan fingerprint density at radius 3 is 2.50 bits per heavy atom. The molecule has 1 aliphatic rings. The molecule has 4 heteroatoms. The van der Waals surface area contributed by atoms with Crippen LogP contribution in [0.15, 0.2) is 54.6 Å². The van der Waals surface area contributed by atoms with Crippen LogP contribution in [0, 0.1) is 5.82 Å². The first-order valence-electron chi connectivity index (χ1n) is 9.51. The Balaban J connectivity index is 1.60. The van der Waals surface area contributed by atoms with Gasteiger partial charge in [-0.3, -0.25) is 4.79 Å². The molecule has 2 aromatic rings. The Labute approximate surface area is 155 Å². The number of likely N-dealkylation sites (tertiary alicyclic amines) is 1. The van der Waals surface area contributed by atoms with Gasteiger partial charge in [-0.1, -0.05) is 43.3 Å². The molecule has 1 saturated heterocycles. The van der Waals surface area contributed by atoms with Gasteiger partial charge in [0, 0.05) is 37.8 Å². The summed E-state index contributed by atoms with van der Waals surface area (Å²) in [6, 6.07) is 17.1. The number of hydrogen-bond donors (Lipinski definition) is 0. The maximum atomic E-state index is 13.6. The first-order chi connectivity index (χ1) is 12.7. The molecule has 2 aromatic carbocycles. The highest BCUT2D eigenvalue weighted by atomic mass is 19.1. The van der Waals surface area contributed by atoms with Crippen LogP contribution in [0.2, 0.25) is 0 Å². The van der Waals surface area contributed by atoms with Crippen LogP contribution in [0.5, 0.6) is 0 Å². The number of nitrogens with zero attached hydrogens (tertiary/aromatic N) is 2. The third-order valence-corrected chi connectivity index (χ3v) is 5.14. The second kappa shape index (κ2) is 8.95. The van der Waals surface area contributed by atoms with E-state index in [-0.39, 0.29) is 17.8 Å². The summed E-state index contributed by atoms with van der Waals surface area (Å²) in [6.07, 6.45) is 3.34. The number of carbonyl (C=O) groups excluding carboxylic acids is 1. The zero-order valence-corrected chi connectivity index (χ0v) is 15.4. The summed E-state index contributed by atoms with van der Waals surface area (Å²) in [5.41, 5.74) is 2.04. The van der Waals surface area contributed by atoms with Gasteiger partial charge in [0.05, 0.1) is 0 Å². The minimum atomic E-state index is -0.295. The van der Waals surface area contributed by atoms with Crippen LogP contribution in [0.3, 0.4) is 0 Å². The Kier molecular flexibility index (Phi) is 6.40. The molecule has 1 fully saturated rings. The first-order valence-corrected chi connectivity index (χ1v) is 9.51. The second-order valence-corrected chi connectivity index (χ2v) is 6.91. The van der Waals surface area contributed by atoms with Crippen molar-refractivity contribution >= 4 is 11.6 Å². The summed E-state index contributed by atoms with van der Waals surface area (Å²) in [5, 5.41) is 0. The van der Waals surface area contributed by atoms with Gasteiger partial charge in [-0.25, -0.2) is 4.39 Å². The molecule has 0 radical (unpaired) electrons. The molecule has 0 bridgehead atoms. The molecule has 138 valence electrons. The third-order valence-electron chi connectivity index (χ3n) is 5.14. The van der Waals surface area contributed by atoms with Gasteiger partial charge in [0.25, 0.3) is 0 Å². The van der Waals surface area contributed by atoms with E-state index < -0.39 is 0 Å². The summed E-state index contributed by atoms with van der Waals surface area (Å²) in [6.45, 7) is 4.85. The van der Waals surface area contributed by atoms with Gasteiger partial charge in [-0.2, -0.15) is 0 Å². The Bertz CT molecular complexity index is 711. The number of rotatable bonds is 6. The molecule has 3 nitrogen and oxygen atoms in total. The lowest BCUT2D eigenvalue weighted by atomic mass is 10.0. The molecule has 0 aromatic heterocycles. The topological polar surface area (TPSA) is 23.6 Å². The predicted octanol–water partition coefficient (Wildman–Crippen LogP) is 4.28. The van der Waals surface area contributed by atoms with E-state index in [1.807, 2.05) is 24.0 Å². The monoisotopic (exact) mass is 354 g/mol. The van der Waals surface area contributed by atoms with E-state index in [0.717, 1.165) is 38.9 Å². The van der Waals surface area contributed by atoms with Crippen molar-refractivity contribution in [2.45, 2.75) is 38.6 Å². The highest BCUT2D eigenvalue weighted by Crippen LogP contribution is 2.25. The van der Waals surface area contributed by atoms with Crippen molar-refractivity contribution in [2.75, 3.05) is 24.5 Å². The smallest absolute Gasteiger partial charge is 0.226 e. The number of halogens is 1. The van der Waals surface area contributed by atoms with Crippen molar-refractivity contribution < 1.29 is 9.18 Å². The van der Waals surface area contributed by atoms with Crippen molar-refractivity contribution in [1.82, 2.24) is 4.90 Å². The molecule has 0 N–H and O–H groups in total. The second-order valence-electron chi connectivity index (χ2n) is 6.91. The van der Waals surface area contributed by atoms with Gasteiger partial charge in [-0.05, 0) is 43.0 Å². The normalized spacial score (nSPS) is 15.8. The Hall–Kier alpha value is -2.20. The Morgan fingerprint density at radius 2 is 1.85 bits per heavy atom. The van der Waals surface area contributed by atoms with Crippen LogP contribution >= 0.6 is 0 Å². The number of piperidine rings is 1. The van der Waals surface area contributed by atoms with Gasteiger partial charge in [-0.15, -0.1) is 0 Å². The summed E-state index contributed by atoms with van der Waals surface area (Å²) in [5.74, 6) is -0.227. The third kappa shape index (κ3) is 4.70. The molecule has 1 amide bonds. The fourth-order valence-corrected chi connectivity index (χ4v) is 3.69. The largest absolute Gasteiger partial charge is 0.309 e. The van der Waals surface area contributed by atoms with Crippen molar-refractivity contribution in [3.05, 3.63) is 66.0 Å². The van der Waals surface area contributed by atoms with Crippen LogP contribution in [0.4, 0.5) is 10.1 Å². The van der Waals surface area contributed by atoms with Crippen molar-refractivity contribution in [1.29, 1.82) is 0 Å². The summed E-state index contributed by atoms with van der Waals surface area (Å²) < 4.78 is 13.6. The van der Waals surface area contributed by atoms with E-state index in [2.05, 4.69) is 29.2 Å². The van der Waals surface area contributed by atoms with E-state index >= 15 is 0 Å². The van der Waals surface area contributed by atoms with Crippen LogP contribution < -0.4 is 4.90 Å². The lowest BCUT2D eigenvalue weighted by molar-refractivity contribution is -0.119. The maximum Gasteiger partial charge on any atom is 0.226 e. The highest BCUT2D eigenvalue weighted by molar-refractivity contribution is 5.93. The number of hydrogen-bond acceptors (Lipinski definition) is 2. The highest BCUT2D eigenvalue weighted by Gasteiger charge is 2.28. The van der Waals surface area contributed by atoms with Crippen molar-refractivity contribution in [3.63, 3.8) is 0 Å². The molecule has 1 heterocycles. The fourth-order valence-electron chi connectivity index (χ4n) is 3.69. The fraction of sp³-hybridized carbons (Fsp3) is 0.409. The van der Waals surface area contributed by atoms with Crippen LogP contribution in [-0.4, -0.2) is 36.5 Å². The molecule has 0 atom stereocenters. The summed E-state index contributed by atoms with van der Waals surface area (Å²) in [7, 11) is 0. The molecule has 0 saturated carbocycles. The average molecular weight is 354 g/mol. The molecule has 0 aliphatic carbocycles. The van der Waals surface area contributed by atoms with Crippen molar-refractivity contribution in [2.24, 2.45) is 0 Å². The standard InChI is InChI=1S/C22H27FN2O/c1-2-22(26)25(21-10-6-9-19(23)17-21)20-12-15-24(16-13-20)14-11-18-7-4-3-5-8-18/h3-10,17,20H,2,11-16H2,1H3. The van der Waals surface area contributed by atoms with E-state index in [1.165, 1.54) is 17.7 Å². The number of anilines is 1. The van der Waals surface area contributed by atoms with Gasteiger partial charge < -0.3 is 9.80 Å². The van der Waals surface area contributed by atoms with E-state index in [0.29, 0.717) is 12.1 Å². The first kappa shape index (κ1) is 18.6. The zero-order valence-electron chi connectivity index (χ0n) is 15.4. The zero-order chi connectivity index (χ0) is 18.4. The molecular formula is C22H27FN2O. The van der Waals surface area contributed by atoms with Gasteiger partial charge in [0.1, 0.15) is 5.82 Å². The number of amides is 1. The minimum absolute atomic E-state index is 0.0679. The van der Waals surface area contributed by atoms with E-state index in [1.54, 1.807) is 6.07 Å². The molecule has 0 spiro atoms. The molecule has 0 unspecified atom stereocenters. The SMILES string of the molecule is CCC(=O)N(c1cccc(F)c1)C1CCN(CCc2ccccc2)CC1. The van der Waals surface area contributed by atoms with Gasteiger partial charge in [0.2, 0.25) is 5.91 Å². The summed E-state index contributed by atoms with van der Waals surface area (Å²) >= 11 is 0. The van der Waals surface area contributed by atoms with Crippen LogP contribution in [0.1, 0.15) is 31.7 Å². The van der Waals surface area contributed by atoms with Crippen LogP contribution in [-0.2, 0) is 11.2 Å². The van der Waals surface area contributed by atoms with Gasteiger partial charge in [0.15, 0.2) is 0 Å². The van der Waals surface area contributed by atoms with Crippen molar-refractivity contribution in [3.8, 4) is 0 Å². The average Bonchev–Trinajstić information content (AvgIpc) is 2.68. The Morgan fingerprint density at radius 1 is 1.12 bits per heavy atom. The van der Waals surface area contributed by atoms with E-state index in [9.17, 15) is 9.18 Å². The molecule has 26 heavy (non-hydrogen) atoms. The quantitative estimate of drug-likeness (QED) is 0.773. The predicted molar refractivity (Wildman–Crippen MR) is 104 cm³/mol. The van der Waals surface area contributed by atoms with E-state index in [4.69, 9.17) is 0 Å². The molecular weight excluding hydrogens is 327 g/mol. The minimum Gasteiger partial charge on any atom is -0.309 e. The lowest BCUT2D eigenvalue weighted by Crippen LogP contribution is -2.48.